The van der Waals surface area contributed by atoms with Gasteiger partial charge in [0.15, 0.2) is 0 Å². The zero-order valence-electron chi connectivity index (χ0n) is 17.6. The number of hydrogen-bond acceptors (Lipinski definition) is 5. The molecule has 0 saturated heterocycles. The molecule has 152 valence electrons. The minimum atomic E-state index is -0.535. The number of ether oxygens (including phenoxy) is 1. The second-order valence-corrected chi connectivity index (χ2v) is 7.34. The molecule has 2 atom stereocenters. The molecule has 5 nitrogen and oxygen atoms in total. The van der Waals surface area contributed by atoms with Crippen LogP contribution in [0.2, 0.25) is 0 Å². The van der Waals surface area contributed by atoms with E-state index in [1.807, 2.05) is 61.3 Å². The molecule has 2 unspecified atom stereocenters. The number of carbonyl (C=O) groups is 1. The second kappa shape index (κ2) is 9.29. The first-order valence-corrected chi connectivity index (χ1v) is 10.1. The molecule has 0 radical (unpaired) electrons. The van der Waals surface area contributed by atoms with Gasteiger partial charge in [0.25, 0.3) is 0 Å². The SMILES string of the molecule is CCOC(=O)C1C(c2ccc(Cc3cccc(C#N)c3)cc2)C(C#N)=C(CC)N1C. The summed E-state index contributed by atoms with van der Waals surface area (Å²) in [6, 6.07) is 19.6. The summed E-state index contributed by atoms with van der Waals surface area (Å²) < 4.78 is 5.32. The van der Waals surface area contributed by atoms with E-state index >= 15 is 0 Å². The Labute approximate surface area is 177 Å². The Hall–Kier alpha value is -3.57. The van der Waals surface area contributed by atoms with E-state index in [1.54, 1.807) is 13.0 Å². The Morgan fingerprint density at radius 3 is 2.40 bits per heavy atom. The highest BCUT2D eigenvalue weighted by Gasteiger charge is 2.44. The molecule has 0 bridgehead atoms. The molecule has 0 saturated carbocycles. The van der Waals surface area contributed by atoms with Gasteiger partial charge in [0.05, 0.1) is 35.8 Å². The first-order valence-electron chi connectivity index (χ1n) is 10.1. The number of allylic oxidation sites excluding steroid dienone is 1. The van der Waals surface area contributed by atoms with Crippen molar-refractivity contribution in [2.24, 2.45) is 0 Å². The summed E-state index contributed by atoms with van der Waals surface area (Å²) >= 11 is 0. The van der Waals surface area contributed by atoms with Crippen LogP contribution < -0.4 is 0 Å². The van der Waals surface area contributed by atoms with Crippen molar-refractivity contribution in [3.8, 4) is 12.1 Å². The molecule has 0 amide bonds. The molecule has 2 aromatic carbocycles. The average molecular weight is 399 g/mol. The van der Waals surface area contributed by atoms with Gasteiger partial charge in [-0.2, -0.15) is 10.5 Å². The van der Waals surface area contributed by atoms with Crippen molar-refractivity contribution in [1.82, 2.24) is 4.90 Å². The van der Waals surface area contributed by atoms with E-state index in [9.17, 15) is 10.1 Å². The van der Waals surface area contributed by atoms with Gasteiger partial charge >= 0.3 is 5.97 Å². The van der Waals surface area contributed by atoms with Crippen molar-refractivity contribution >= 4 is 5.97 Å². The van der Waals surface area contributed by atoms with Crippen LogP contribution in [0.25, 0.3) is 0 Å². The second-order valence-electron chi connectivity index (χ2n) is 7.34. The molecule has 0 fully saturated rings. The van der Waals surface area contributed by atoms with Crippen LogP contribution in [0.1, 0.15) is 48.4 Å². The van der Waals surface area contributed by atoms with Gasteiger partial charge in [0.2, 0.25) is 0 Å². The Kier molecular flexibility index (Phi) is 6.54. The third-order valence-corrected chi connectivity index (χ3v) is 5.57. The van der Waals surface area contributed by atoms with Gasteiger partial charge in [0, 0.05) is 12.7 Å². The Morgan fingerprint density at radius 1 is 1.07 bits per heavy atom. The largest absolute Gasteiger partial charge is 0.464 e. The fraction of sp³-hybridized carbons (Fsp3) is 0.320. The van der Waals surface area contributed by atoms with Crippen LogP contribution in [0.4, 0.5) is 0 Å². The van der Waals surface area contributed by atoms with Crippen molar-refractivity contribution < 1.29 is 9.53 Å². The first-order chi connectivity index (χ1) is 14.5. The summed E-state index contributed by atoms with van der Waals surface area (Å²) in [7, 11) is 1.86. The van der Waals surface area contributed by atoms with Gasteiger partial charge in [-0.25, -0.2) is 4.79 Å². The van der Waals surface area contributed by atoms with E-state index in [0.717, 1.165) is 22.4 Å². The minimum Gasteiger partial charge on any atom is -0.464 e. The molecular weight excluding hydrogens is 374 g/mol. The number of nitriles is 2. The summed E-state index contributed by atoms with van der Waals surface area (Å²) in [4.78, 5) is 14.6. The monoisotopic (exact) mass is 399 g/mol. The zero-order chi connectivity index (χ0) is 21.7. The smallest absolute Gasteiger partial charge is 0.329 e. The number of hydrogen-bond donors (Lipinski definition) is 0. The maximum atomic E-state index is 12.7. The molecule has 0 N–H and O–H groups in total. The van der Waals surface area contributed by atoms with E-state index in [0.29, 0.717) is 30.6 Å². The number of nitrogens with zero attached hydrogens (tertiary/aromatic N) is 3. The van der Waals surface area contributed by atoms with Crippen molar-refractivity contribution in [3.05, 3.63) is 82.1 Å². The molecule has 0 aliphatic carbocycles. The standard InChI is InChI=1S/C25H25N3O2/c1-4-22-21(16-27)23(24(28(22)3)25(29)30-5-2)20-11-9-17(10-12-20)13-18-7-6-8-19(14-18)15-26/h6-12,14,23-24H,4-5,13H2,1-3H3. The fourth-order valence-corrected chi connectivity index (χ4v) is 4.19. The summed E-state index contributed by atoms with van der Waals surface area (Å²) in [5.74, 6) is -0.649. The molecule has 5 heteroatoms. The maximum Gasteiger partial charge on any atom is 0.329 e. The quantitative estimate of drug-likeness (QED) is 0.677. The average Bonchev–Trinajstić information content (AvgIpc) is 3.06. The van der Waals surface area contributed by atoms with Gasteiger partial charge in [-0.1, -0.05) is 43.3 Å². The van der Waals surface area contributed by atoms with Gasteiger partial charge < -0.3 is 9.64 Å². The number of carbonyl (C=O) groups excluding carboxylic acids is 1. The van der Waals surface area contributed by atoms with E-state index < -0.39 is 6.04 Å². The number of esters is 1. The van der Waals surface area contributed by atoms with E-state index in [-0.39, 0.29) is 11.9 Å². The normalized spacial score (nSPS) is 18.1. The number of benzene rings is 2. The van der Waals surface area contributed by atoms with Gasteiger partial charge in [-0.15, -0.1) is 0 Å². The molecule has 3 rings (SSSR count). The third kappa shape index (κ3) is 4.07. The molecule has 1 aliphatic rings. The van der Waals surface area contributed by atoms with E-state index in [2.05, 4.69) is 12.1 Å². The highest BCUT2D eigenvalue weighted by molar-refractivity contribution is 5.80. The molecule has 30 heavy (non-hydrogen) atoms. The summed E-state index contributed by atoms with van der Waals surface area (Å²) in [5.41, 5.74) is 5.26. The van der Waals surface area contributed by atoms with Gasteiger partial charge in [-0.05, 0) is 48.6 Å². The predicted molar refractivity (Wildman–Crippen MR) is 114 cm³/mol. The van der Waals surface area contributed by atoms with Crippen LogP contribution in [0.3, 0.4) is 0 Å². The van der Waals surface area contributed by atoms with E-state index in [1.165, 1.54) is 0 Å². The topological polar surface area (TPSA) is 77.1 Å². The number of rotatable bonds is 6. The van der Waals surface area contributed by atoms with Gasteiger partial charge in [0.1, 0.15) is 6.04 Å². The van der Waals surface area contributed by atoms with Crippen LogP contribution in [0.15, 0.2) is 59.8 Å². The van der Waals surface area contributed by atoms with Gasteiger partial charge in [-0.3, -0.25) is 0 Å². The summed E-state index contributed by atoms with van der Waals surface area (Å²) in [6.07, 6.45) is 1.39. The third-order valence-electron chi connectivity index (χ3n) is 5.57. The van der Waals surface area contributed by atoms with E-state index in [4.69, 9.17) is 10.00 Å². The van der Waals surface area contributed by atoms with Crippen molar-refractivity contribution in [3.63, 3.8) is 0 Å². The van der Waals surface area contributed by atoms with Crippen molar-refractivity contribution in [1.29, 1.82) is 10.5 Å². The lowest BCUT2D eigenvalue weighted by atomic mass is 9.86. The van der Waals surface area contributed by atoms with Crippen LogP contribution in [0.5, 0.6) is 0 Å². The molecule has 2 aromatic rings. The lowest BCUT2D eigenvalue weighted by molar-refractivity contribution is -0.148. The van der Waals surface area contributed by atoms with Crippen LogP contribution >= 0.6 is 0 Å². The highest BCUT2D eigenvalue weighted by atomic mass is 16.5. The molecular formula is C25H25N3O2. The summed E-state index contributed by atoms with van der Waals surface area (Å²) in [5, 5.41) is 18.9. The lowest BCUT2D eigenvalue weighted by Crippen LogP contribution is -2.39. The van der Waals surface area contributed by atoms with Crippen LogP contribution in [-0.2, 0) is 16.0 Å². The first kappa shape index (κ1) is 21.1. The van der Waals surface area contributed by atoms with Crippen LogP contribution in [0, 0.1) is 22.7 Å². The van der Waals surface area contributed by atoms with Crippen LogP contribution in [-0.4, -0.2) is 30.6 Å². The Balaban J connectivity index is 1.91. The molecule has 1 aliphatic heterocycles. The van der Waals surface area contributed by atoms with Crippen molar-refractivity contribution in [2.45, 2.75) is 38.6 Å². The lowest BCUT2D eigenvalue weighted by Gasteiger charge is -2.27. The molecule has 1 heterocycles. The Morgan fingerprint density at radius 2 is 1.80 bits per heavy atom. The molecule has 0 aromatic heterocycles. The summed E-state index contributed by atoms with van der Waals surface area (Å²) in [6.45, 7) is 4.09. The number of likely N-dealkylation sites (N-methyl/N-ethyl adjacent to an activating group) is 1. The maximum absolute atomic E-state index is 12.7. The predicted octanol–water partition coefficient (Wildman–Crippen LogP) is 4.30. The zero-order valence-corrected chi connectivity index (χ0v) is 17.6. The minimum absolute atomic E-state index is 0.305. The Bertz CT molecular complexity index is 1040. The molecule has 0 spiro atoms. The van der Waals surface area contributed by atoms with Crippen molar-refractivity contribution in [2.75, 3.05) is 13.7 Å². The fourth-order valence-electron chi connectivity index (χ4n) is 4.19. The highest BCUT2D eigenvalue weighted by Crippen LogP contribution is 2.41.